The van der Waals surface area contributed by atoms with Crippen molar-refractivity contribution in [2.45, 2.75) is 0 Å². The van der Waals surface area contributed by atoms with Gasteiger partial charge in [-0.25, -0.2) is 0 Å². The Morgan fingerprint density at radius 3 is 2.52 bits per heavy atom. The zero-order valence-electron chi connectivity index (χ0n) is 11.4. The molecule has 21 heavy (non-hydrogen) atoms. The van der Waals surface area contributed by atoms with Crippen molar-refractivity contribution < 1.29 is 14.8 Å². The number of aliphatic hydroxyl groups is 1. The molecule has 7 nitrogen and oxygen atoms in total. The third-order valence-corrected chi connectivity index (χ3v) is 3.63. The van der Waals surface area contributed by atoms with E-state index in [1.807, 2.05) is 0 Å². The Kier molecular flexibility index (Phi) is 5.11. The van der Waals surface area contributed by atoms with E-state index in [0.29, 0.717) is 32.7 Å². The summed E-state index contributed by atoms with van der Waals surface area (Å²) in [6.45, 7) is 3.08. The maximum absolute atomic E-state index is 12.4. The van der Waals surface area contributed by atoms with Crippen LogP contribution in [0.15, 0.2) is 18.2 Å². The molecule has 1 N–H and O–H groups in total. The fourth-order valence-electron chi connectivity index (χ4n) is 2.30. The molecule has 0 atom stereocenters. The average Bonchev–Trinajstić information content (AvgIpc) is 2.47. The summed E-state index contributed by atoms with van der Waals surface area (Å²) in [6.07, 6.45) is 0. The molecule has 0 bridgehead atoms. The lowest BCUT2D eigenvalue weighted by molar-refractivity contribution is -0.384. The minimum absolute atomic E-state index is 0.0917. The highest BCUT2D eigenvalue weighted by Crippen LogP contribution is 2.22. The van der Waals surface area contributed by atoms with Crippen LogP contribution in [-0.2, 0) is 0 Å². The summed E-state index contributed by atoms with van der Waals surface area (Å²) >= 11 is 5.83. The quantitative estimate of drug-likeness (QED) is 0.662. The number of amides is 1. The molecule has 1 saturated heterocycles. The van der Waals surface area contributed by atoms with E-state index in [1.54, 1.807) is 4.90 Å². The Labute approximate surface area is 126 Å². The van der Waals surface area contributed by atoms with Crippen LogP contribution in [0.25, 0.3) is 0 Å². The average molecular weight is 314 g/mol. The van der Waals surface area contributed by atoms with Crippen LogP contribution in [0.2, 0.25) is 5.02 Å². The number of piperazine rings is 1. The maximum Gasteiger partial charge on any atom is 0.271 e. The van der Waals surface area contributed by atoms with Gasteiger partial charge in [-0.2, -0.15) is 0 Å². The number of non-ortho nitro benzene ring substituents is 1. The largest absolute Gasteiger partial charge is 0.395 e. The van der Waals surface area contributed by atoms with Gasteiger partial charge in [0.15, 0.2) is 0 Å². The molecule has 1 heterocycles. The first-order chi connectivity index (χ1) is 10.0. The molecule has 1 aromatic carbocycles. The fraction of sp³-hybridized carbons (Fsp3) is 0.462. The van der Waals surface area contributed by atoms with Crippen LogP contribution in [0, 0.1) is 10.1 Å². The summed E-state index contributed by atoms with van der Waals surface area (Å²) in [4.78, 5) is 26.3. The summed E-state index contributed by atoms with van der Waals surface area (Å²) in [5, 5.41) is 19.9. The Hall–Kier alpha value is -1.70. The third kappa shape index (κ3) is 3.90. The van der Waals surface area contributed by atoms with Crippen LogP contribution < -0.4 is 0 Å². The van der Waals surface area contributed by atoms with Crippen LogP contribution in [0.4, 0.5) is 5.69 Å². The lowest BCUT2D eigenvalue weighted by atomic mass is 10.1. The molecule has 1 aromatic rings. The highest BCUT2D eigenvalue weighted by atomic mass is 35.5. The van der Waals surface area contributed by atoms with Crippen LogP contribution >= 0.6 is 11.6 Å². The number of β-amino-alcohol motifs (C(OH)–C–C–N with tert-alkyl or cyclic N) is 1. The lowest BCUT2D eigenvalue weighted by Gasteiger charge is -2.34. The number of rotatable bonds is 4. The fourth-order valence-corrected chi connectivity index (χ4v) is 2.53. The van der Waals surface area contributed by atoms with Crippen LogP contribution in [0.3, 0.4) is 0 Å². The monoisotopic (exact) mass is 313 g/mol. The van der Waals surface area contributed by atoms with E-state index < -0.39 is 4.92 Å². The van der Waals surface area contributed by atoms with Crippen molar-refractivity contribution in [3.8, 4) is 0 Å². The van der Waals surface area contributed by atoms with Gasteiger partial charge in [0, 0.05) is 55.4 Å². The number of nitrogens with zero attached hydrogens (tertiary/aromatic N) is 3. The Bertz CT molecular complexity index is 544. The molecule has 2 rings (SSSR count). The van der Waals surface area contributed by atoms with Gasteiger partial charge in [0.05, 0.1) is 11.5 Å². The van der Waals surface area contributed by atoms with Crippen molar-refractivity contribution in [1.29, 1.82) is 0 Å². The number of hydrogen-bond donors (Lipinski definition) is 1. The number of carbonyl (C=O) groups excluding carboxylic acids is 1. The molecule has 0 aliphatic carbocycles. The number of nitro groups is 1. The van der Waals surface area contributed by atoms with Gasteiger partial charge in [-0.15, -0.1) is 0 Å². The Balaban J connectivity index is 2.09. The minimum Gasteiger partial charge on any atom is -0.395 e. The van der Waals surface area contributed by atoms with Crippen molar-refractivity contribution >= 4 is 23.2 Å². The first-order valence-corrected chi connectivity index (χ1v) is 6.96. The van der Waals surface area contributed by atoms with Gasteiger partial charge in [-0.3, -0.25) is 19.8 Å². The van der Waals surface area contributed by atoms with Crippen LogP contribution in [-0.4, -0.2) is 65.1 Å². The first kappa shape index (κ1) is 15.7. The van der Waals surface area contributed by atoms with E-state index in [9.17, 15) is 14.9 Å². The molecule has 0 radical (unpaired) electrons. The van der Waals surface area contributed by atoms with Crippen molar-refractivity contribution in [2.75, 3.05) is 39.3 Å². The standard InChI is InChI=1S/C13H16ClN3O4/c14-11-7-10(8-12(9-11)17(20)21)13(19)16-3-1-15(2-4-16)5-6-18/h7-9,18H,1-6H2. The van der Waals surface area contributed by atoms with Crippen LogP contribution in [0.5, 0.6) is 0 Å². The summed E-state index contributed by atoms with van der Waals surface area (Å²) < 4.78 is 0. The van der Waals surface area contributed by atoms with Gasteiger partial charge < -0.3 is 10.0 Å². The van der Waals surface area contributed by atoms with Crippen molar-refractivity contribution in [2.24, 2.45) is 0 Å². The normalized spacial score (nSPS) is 16.0. The zero-order valence-corrected chi connectivity index (χ0v) is 12.1. The summed E-state index contributed by atoms with van der Waals surface area (Å²) in [5.74, 6) is -0.260. The third-order valence-electron chi connectivity index (χ3n) is 3.42. The topological polar surface area (TPSA) is 86.9 Å². The van der Waals surface area contributed by atoms with Gasteiger partial charge in [0.25, 0.3) is 11.6 Å². The van der Waals surface area contributed by atoms with Crippen molar-refractivity contribution in [1.82, 2.24) is 9.80 Å². The highest BCUT2D eigenvalue weighted by Gasteiger charge is 2.23. The van der Waals surface area contributed by atoms with E-state index in [4.69, 9.17) is 16.7 Å². The van der Waals surface area contributed by atoms with E-state index in [0.717, 1.165) is 0 Å². The van der Waals surface area contributed by atoms with E-state index in [-0.39, 0.29) is 28.8 Å². The van der Waals surface area contributed by atoms with Gasteiger partial charge in [0.2, 0.25) is 0 Å². The van der Waals surface area contributed by atoms with E-state index in [1.165, 1.54) is 18.2 Å². The molecule has 8 heteroatoms. The molecule has 114 valence electrons. The predicted octanol–water partition coefficient (Wildman–Crippen LogP) is 0.998. The molecule has 1 amide bonds. The van der Waals surface area contributed by atoms with Crippen molar-refractivity contribution in [3.05, 3.63) is 38.9 Å². The maximum atomic E-state index is 12.4. The minimum atomic E-state index is -0.568. The van der Waals surface area contributed by atoms with Gasteiger partial charge in [0.1, 0.15) is 0 Å². The molecule has 1 aliphatic rings. The van der Waals surface area contributed by atoms with E-state index in [2.05, 4.69) is 4.90 Å². The molecule has 0 saturated carbocycles. The highest BCUT2D eigenvalue weighted by molar-refractivity contribution is 6.31. The molecular weight excluding hydrogens is 298 g/mol. The number of benzene rings is 1. The number of aliphatic hydroxyl groups excluding tert-OH is 1. The van der Waals surface area contributed by atoms with Gasteiger partial charge >= 0.3 is 0 Å². The van der Waals surface area contributed by atoms with Gasteiger partial charge in [-0.05, 0) is 6.07 Å². The predicted molar refractivity (Wildman–Crippen MR) is 77.5 cm³/mol. The van der Waals surface area contributed by atoms with E-state index >= 15 is 0 Å². The summed E-state index contributed by atoms with van der Waals surface area (Å²) in [7, 11) is 0. The molecule has 0 aromatic heterocycles. The molecule has 1 fully saturated rings. The smallest absolute Gasteiger partial charge is 0.271 e. The van der Waals surface area contributed by atoms with Gasteiger partial charge in [-0.1, -0.05) is 11.6 Å². The molecule has 0 spiro atoms. The molecule has 0 unspecified atom stereocenters. The first-order valence-electron chi connectivity index (χ1n) is 6.58. The second-order valence-corrected chi connectivity index (χ2v) is 5.25. The number of halogens is 1. The number of hydrogen-bond acceptors (Lipinski definition) is 5. The Morgan fingerprint density at radius 1 is 1.29 bits per heavy atom. The van der Waals surface area contributed by atoms with Crippen molar-refractivity contribution in [3.63, 3.8) is 0 Å². The summed E-state index contributed by atoms with van der Waals surface area (Å²) in [5.41, 5.74) is 0.0366. The number of nitro benzene ring substituents is 1. The van der Waals surface area contributed by atoms with Crippen LogP contribution in [0.1, 0.15) is 10.4 Å². The summed E-state index contributed by atoms with van der Waals surface area (Å²) in [6, 6.07) is 3.91. The second-order valence-electron chi connectivity index (χ2n) is 4.81. The SMILES string of the molecule is O=C(c1cc(Cl)cc([N+](=O)[O-])c1)N1CCN(CCO)CC1. The number of carbonyl (C=O) groups is 1. The second kappa shape index (κ2) is 6.84. The molecule has 1 aliphatic heterocycles. The molecular formula is C13H16ClN3O4. The lowest BCUT2D eigenvalue weighted by Crippen LogP contribution is -2.49. The zero-order chi connectivity index (χ0) is 15.4. The Morgan fingerprint density at radius 2 is 1.95 bits per heavy atom.